The van der Waals surface area contributed by atoms with Crippen LogP contribution >= 0.6 is 0 Å². The molecule has 2 rings (SSSR count). The van der Waals surface area contributed by atoms with Crippen LogP contribution in [-0.4, -0.2) is 43.8 Å². The number of anilines is 1. The topological polar surface area (TPSA) is 101 Å². The highest BCUT2D eigenvalue weighted by Crippen LogP contribution is 2.38. The standard InChI is InChI=1S/C18H24N4O4/c1-6-26-11(2)21-18-20-10-13(17(19)22-18)7-12-8-14(23-3)16(25-5)15(9-12)24-4/h8-10H,6-7H2,1-5H3,(H2,19,20,22). The van der Waals surface area contributed by atoms with Crippen molar-refractivity contribution in [2.75, 3.05) is 33.7 Å². The molecule has 1 aromatic carbocycles. The molecule has 140 valence electrons. The Labute approximate surface area is 153 Å². The second-order valence-electron chi connectivity index (χ2n) is 5.35. The van der Waals surface area contributed by atoms with E-state index in [0.29, 0.717) is 42.0 Å². The average molecular weight is 360 g/mol. The predicted octanol–water partition coefficient (Wildman–Crippen LogP) is 2.76. The molecule has 8 nitrogen and oxygen atoms in total. The van der Waals surface area contributed by atoms with Crippen molar-refractivity contribution in [1.29, 1.82) is 0 Å². The van der Waals surface area contributed by atoms with Crippen molar-refractivity contribution in [2.24, 2.45) is 4.99 Å². The second-order valence-corrected chi connectivity index (χ2v) is 5.35. The first-order chi connectivity index (χ1) is 12.5. The van der Waals surface area contributed by atoms with E-state index in [2.05, 4.69) is 15.0 Å². The Hall–Kier alpha value is -3.03. The number of hydrogen-bond acceptors (Lipinski definition) is 8. The van der Waals surface area contributed by atoms with Gasteiger partial charge in [-0.1, -0.05) is 0 Å². The Kier molecular flexibility index (Phi) is 6.60. The Bertz CT molecular complexity index is 768. The van der Waals surface area contributed by atoms with Crippen LogP contribution < -0.4 is 19.9 Å². The molecule has 0 aliphatic rings. The molecule has 0 radical (unpaired) electrons. The Morgan fingerprint density at radius 2 is 1.77 bits per heavy atom. The fourth-order valence-electron chi connectivity index (χ4n) is 2.44. The number of benzene rings is 1. The molecule has 0 aliphatic carbocycles. The first-order valence-corrected chi connectivity index (χ1v) is 8.10. The summed E-state index contributed by atoms with van der Waals surface area (Å²) < 4.78 is 21.4. The smallest absolute Gasteiger partial charge is 0.254 e. The zero-order chi connectivity index (χ0) is 19.1. The Morgan fingerprint density at radius 3 is 2.27 bits per heavy atom. The lowest BCUT2D eigenvalue weighted by Crippen LogP contribution is -2.03. The van der Waals surface area contributed by atoms with Crippen molar-refractivity contribution in [2.45, 2.75) is 20.3 Å². The number of nitrogens with zero attached hydrogens (tertiary/aromatic N) is 3. The number of aliphatic imine (C=N–C) groups is 1. The number of methoxy groups -OCH3 is 3. The monoisotopic (exact) mass is 360 g/mol. The van der Waals surface area contributed by atoms with Gasteiger partial charge in [0.15, 0.2) is 17.4 Å². The molecule has 0 aliphatic heterocycles. The zero-order valence-electron chi connectivity index (χ0n) is 15.7. The van der Waals surface area contributed by atoms with E-state index in [9.17, 15) is 0 Å². The third kappa shape index (κ3) is 4.53. The van der Waals surface area contributed by atoms with Crippen molar-refractivity contribution in [3.63, 3.8) is 0 Å². The molecule has 0 bridgehead atoms. The summed E-state index contributed by atoms with van der Waals surface area (Å²) in [5.41, 5.74) is 7.77. The molecule has 0 spiro atoms. The molecule has 8 heteroatoms. The Morgan fingerprint density at radius 1 is 1.12 bits per heavy atom. The van der Waals surface area contributed by atoms with Gasteiger partial charge in [-0.15, -0.1) is 0 Å². The molecule has 0 atom stereocenters. The highest BCUT2D eigenvalue weighted by molar-refractivity contribution is 5.75. The normalized spacial score (nSPS) is 11.2. The number of nitrogen functional groups attached to an aromatic ring is 1. The molecule has 0 unspecified atom stereocenters. The number of ether oxygens (including phenoxy) is 4. The summed E-state index contributed by atoms with van der Waals surface area (Å²) in [7, 11) is 4.72. The van der Waals surface area contributed by atoms with Crippen LogP contribution in [0.15, 0.2) is 23.3 Å². The van der Waals surface area contributed by atoms with E-state index in [4.69, 9.17) is 24.7 Å². The van der Waals surface area contributed by atoms with E-state index >= 15 is 0 Å². The molecule has 1 aromatic heterocycles. The minimum absolute atomic E-state index is 0.266. The lowest BCUT2D eigenvalue weighted by Gasteiger charge is -2.14. The number of hydrogen-bond donors (Lipinski definition) is 1. The van der Waals surface area contributed by atoms with Crippen molar-refractivity contribution >= 4 is 17.7 Å². The van der Waals surface area contributed by atoms with Gasteiger partial charge in [0.2, 0.25) is 5.75 Å². The summed E-state index contributed by atoms with van der Waals surface area (Å²) >= 11 is 0. The SMILES string of the molecule is CCOC(C)=Nc1ncc(Cc2cc(OC)c(OC)c(OC)c2)c(N)n1. The maximum absolute atomic E-state index is 6.07. The van der Waals surface area contributed by atoms with Gasteiger partial charge in [0.25, 0.3) is 5.95 Å². The number of nitrogens with two attached hydrogens (primary N) is 1. The third-order valence-electron chi connectivity index (χ3n) is 3.62. The quantitative estimate of drug-likeness (QED) is 0.598. The van der Waals surface area contributed by atoms with Gasteiger partial charge in [-0.3, -0.25) is 0 Å². The van der Waals surface area contributed by atoms with Crippen LogP contribution in [0.25, 0.3) is 0 Å². The van der Waals surface area contributed by atoms with Gasteiger partial charge in [0.05, 0.1) is 27.9 Å². The maximum atomic E-state index is 6.07. The molecule has 0 amide bonds. The van der Waals surface area contributed by atoms with Gasteiger partial charge in [0.1, 0.15) is 5.82 Å². The summed E-state index contributed by atoms with van der Waals surface area (Å²) in [6, 6.07) is 3.73. The van der Waals surface area contributed by atoms with Crippen LogP contribution in [0, 0.1) is 0 Å². The van der Waals surface area contributed by atoms with E-state index < -0.39 is 0 Å². The third-order valence-corrected chi connectivity index (χ3v) is 3.62. The van der Waals surface area contributed by atoms with Crippen molar-refractivity contribution < 1.29 is 18.9 Å². The van der Waals surface area contributed by atoms with Gasteiger partial charge >= 0.3 is 0 Å². The van der Waals surface area contributed by atoms with E-state index in [1.54, 1.807) is 34.4 Å². The van der Waals surface area contributed by atoms with Crippen molar-refractivity contribution in [3.05, 3.63) is 29.5 Å². The fraction of sp³-hybridized carbons (Fsp3) is 0.389. The maximum Gasteiger partial charge on any atom is 0.254 e. The van der Waals surface area contributed by atoms with Crippen LogP contribution in [0.3, 0.4) is 0 Å². The van der Waals surface area contributed by atoms with Gasteiger partial charge < -0.3 is 24.7 Å². The molecule has 0 fully saturated rings. The van der Waals surface area contributed by atoms with Crippen LogP contribution in [-0.2, 0) is 11.2 Å². The van der Waals surface area contributed by atoms with Gasteiger partial charge in [-0.05, 0) is 24.6 Å². The van der Waals surface area contributed by atoms with Crippen LogP contribution in [0.4, 0.5) is 11.8 Å². The molecular weight excluding hydrogens is 336 g/mol. The summed E-state index contributed by atoms with van der Waals surface area (Å²) in [5.74, 6) is 2.81. The van der Waals surface area contributed by atoms with Gasteiger partial charge in [0, 0.05) is 25.1 Å². The Balaban J connectivity index is 2.30. The molecule has 0 saturated heterocycles. The highest BCUT2D eigenvalue weighted by atomic mass is 16.5. The number of aromatic nitrogens is 2. The summed E-state index contributed by atoms with van der Waals surface area (Å²) in [5, 5.41) is 0. The summed E-state index contributed by atoms with van der Waals surface area (Å²) in [4.78, 5) is 12.6. The molecule has 0 saturated carbocycles. The summed E-state index contributed by atoms with van der Waals surface area (Å²) in [6.45, 7) is 4.16. The highest BCUT2D eigenvalue weighted by Gasteiger charge is 2.14. The van der Waals surface area contributed by atoms with Crippen molar-refractivity contribution in [3.8, 4) is 17.2 Å². The van der Waals surface area contributed by atoms with E-state index in [-0.39, 0.29) is 5.95 Å². The first-order valence-electron chi connectivity index (χ1n) is 8.10. The molecule has 2 N–H and O–H groups in total. The molecular formula is C18H24N4O4. The van der Waals surface area contributed by atoms with Gasteiger partial charge in [-0.2, -0.15) is 9.98 Å². The van der Waals surface area contributed by atoms with Crippen LogP contribution in [0.2, 0.25) is 0 Å². The largest absolute Gasteiger partial charge is 0.493 e. The van der Waals surface area contributed by atoms with E-state index in [1.165, 1.54) is 0 Å². The average Bonchev–Trinajstić information content (AvgIpc) is 2.63. The van der Waals surface area contributed by atoms with E-state index in [0.717, 1.165) is 11.1 Å². The lowest BCUT2D eigenvalue weighted by molar-refractivity contribution is 0.324. The predicted molar refractivity (Wildman–Crippen MR) is 99.7 cm³/mol. The lowest BCUT2D eigenvalue weighted by atomic mass is 10.1. The fourth-order valence-corrected chi connectivity index (χ4v) is 2.44. The van der Waals surface area contributed by atoms with Crippen LogP contribution in [0.5, 0.6) is 17.2 Å². The molecule has 2 aromatic rings. The zero-order valence-corrected chi connectivity index (χ0v) is 15.7. The minimum atomic E-state index is 0.266. The van der Waals surface area contributed by atoms with Crippen molar-refractivity contribution in [1.82, 2.24) is 9.97 Å². The first kappa shape index (κ1) is 19.3. The second kappa shape index (κ2) is 8.89. The summed E-state index contributed by atoms with van der Waals surface area (Å²) in [6.07, 6.45) is 2.17. The number of rotatable bonds is 7. The minimum Gasteiger partial charge on any atom is -0.493 e. The van der Waals surface area contributed by atoms with Crippen LogP contribution in [0.1, 0.15) is 25.0 Å². The molecule has 1 heterocycles. The molecule has 26 heavy (non-hydrogen) atoms. The van der Waals surface area contributed by atoms with Gasteiger partial charge in [-0.25, -0.2) is 4.98 Å². The van der Waals surface area contributed by atoms with E-state index in [1.807, 2.05) is 19.1 Å².